The molecule has 0 aliphatic heterocycles. The van der Waals surface area contributed by atoms with Gasteiger partial charge in [-0.25, -0.2) is 4.79 Å². The summed E-state index contributed by atoms with van der Waals surface area (Å²) in [5.74, 6) is -0.274. The third-order valence-corrected chi connectivity index (χ3v) is 4.02. The molecule has 1 amide bonds. The lowest BCUT2D eigenvalue weighted by atomic mass is 10.3. The molecule has 0 bridgehead atoms. The fourth-order valence-electron chi connectivity index (χ4n) is 1.98. The van der Waals surface area contributed by atoms with E-state index in [1.165, 1.54) is 17.4 Å². The Balaban J connectivity index is 1.56. The lowest BCUT2D eigenvalue weighted by molar-refractivity contribution is -0.128. The zero-order valence-corrected chi connectivity index (χ0v) is 13.9. The second kappa shape index (κ2) is 8.03. The van der Waals surface area contributed by atoms with Crippen LogP contribution in [-0.2, 0) is 4.79 Å². The van der Waals surface area contributed by atoms with Crippen LogP contribution in [0.1, 0.15) is 15.4 Å². The first-order valence-electron chi connectivity index (χ1n) is 7.46. The van der Waals surface area contributed by atoms with Crippen molar-refractivity contribution in [3.8, 4) is 5.75 Å². The average molecular weight is 350 g/mol. The Hall–Kier alpha value is -3.25. The van der Waals surface area contributed by atoms with E-state index in [1.54, 1.807) is 54.7 Å². The largest absolute Gasteiger partial charge is 0.423 e. The molecular formula is C19H14N2O3S. The number of benzene rings is 1. The summed E-state index contributed by atoms with van der Waals surface area (Å²) >= 11 is 1.37. The number of esters is 1. The summed E-state index contributed by atoms with van der Waals surface area (Å²) in [6, 6.07) is 15.6. The third kappa shape index (κ3) is 4.86. The average Bonchev–Trinajstić information content (AvgIpc) is 3.17. The molecule has 25 heavy (non-hydrogen) atoms. The maximum absolute atomic E-state index is 12.0. The van der Waals surface area contributed by atoms with E-state index in [1.807, 2.05) is 17.5 Å². The van der Waals surface area contributed by atoms with Crippen molar-refractivity contribution >= 4 is 35.0 Å². The number of hydrogen-bond donors (Lipinski definition) is 1. The van der Waals surface area contributed by atoms with Crippen LogP contribution in [0.4, 0.5) is 5.69 Å². The highest BCUT2D eigenvalue weighted by Gasteiger charge is 2.07. The highest BCUT2D eigenvalue weighted by atomic mass is 32.1. The molecule has 0 radical (unpaired) electrons. The van der Waals surface area contributed by atoms with Crippen LogP contribution in [-0.4, -0.2) is 16.9 Å². The molecule has 1 N–H and O–H groups in total. The number of rotatable bonds is 5. The minimum atomic E-state index is -0.499. The topological polar surface area (TPSA) is 68.3 Å². The van der Waals surface area contributed by atoms with Gasteiger partial charge in [0.2, 0.25) is 0 Å². The summed E-state index contributed by atoms with van der Waals surface area (Å²) in [5.41, 5.74) is 1.30. The fraction of sp³-hybridized carbons (Fsp3) is 0. The molecule has 0 saturated carbocycles. The van der Waals surface area contributed by atoms with Crippen molar-refractivity contribution < 1.29 is 14.3 Å². The van der Waals surface area contributed by atoms with Crippen LogP contribution in [0.2, 0.25) is 0 Å². The van der Waals surface area contributed by atoms with E-state index in [4.69, 9.17) is 4.74 Å². The van der Waals surface area contributed by atoms with Gasteiger partial charge in [0.25, 0.3) is 5.91 Å². The Morgan fingerprint density at radius 2 is 1.88 bits per heavy atom. The molecule has 2 heterocycles. The molecule has 3 aromatic rings. The summed E-state index contributed by atoms with van der Waals surface area (Å²) < 4.78 is 5.20. The van der Waals surface area contributed by atoms with Crippen molar-refractivity contribution in [2.24, 2.45) is 0 Å². The molecule has 3 rings (SSSR count). The smallest absolute Gasteiger partial charge is 0.336 e. The standard InChI is InChI=1S/C19H14N2O3S/c22-18(11-8-14-4-1-2-12-20-14)24-16-9-6-15(7-10-16)21-19(23)17-5-3-13-25-17/h1-13H,(H,21,23)/b11-8+. The van der Waals surface area contributed by atoms with Gasteiger partial charge in [-0.2, -0.15) is 0 Å². The number of pyridine rings is 1. The molecule has 0 unspecified atom stereocenters. The Morgan fingerprint density at radius 3 is 2.56 bits per heavy atom. The van der Waals surface area contributed by atoms with Gasteiger partial charge in [0.1, 0.15) is 5.75 Å². The lowest BCUT2D eigenvalue weighted by Crippen LogP contribution is -2.10. The van der Waals surface area contributed by atoms with E-state index in [0.29, 0.717) is 22.0 Å². The van der Waals surface area contributed by atoms with Crippen molar-refractivity contribution in [1.29, 1.82) is 0 Å². The molecule has 0 atom stereocenters. The van der Waals surface area contributed by atoms with Gasteiger partial charge in [-0.1, -0.05) is 12.1 Å². The summed E-state index contributed by atoms with van der Waals surface area (Å²) in [6.45, 7) is 0. The molecule has 0 aliphatic rings. The van der Waals surface area contributed by atoms with Crippen molar-refractivity contribution in [2.75, 3.05) is 5.32 Å². The number of nitrogens with zero attached hydrogens (tertiary/aromatic N) is 1. The predicted octanol–water partition coefficient (Wildman–Crippen LogP) is 4.01. The number of hydrogen-bond acceptors (Lipinski definition) is 5. The van der Waals surface area contributed by atoms with Gasteiger partial charge in [0.15, 0.2) is 0 Å². The monoisotopic (exact) mass is 350 g/mol. The normalized spacial score (nSPS) is 10.6. The molecule has 6 heteroatoms. The molecule has 0 aliphatic carbocycles. The van der Waals surface area contributed by atoms with Crippen molar-refractivity contribution in [3.63, 3.8) is 0 Å². The molecule has 124 valence electrons. The molecule has 0 fully saturated rings. The Kier molecular flexibility index (Phi) is 5.33. The van der Waals surface area contributed by atoms with Crippen molar-refractivity contribution in [1.82, 2.24) is 4.98 Å². The number of amides is 1. The number of carbonyl (C=O) groups is 2. The van der Waals surface area contributed by atoms with Crippen LogP contribution in [0.25, 0.3) is 6.08 Å². The first kappa shape index (κ1) is 16.6. The summed E-state index contributed by atoms with van der Waals surface area (Å²) in [5, 5.41) is 4.62. The van der Waals surface area contributed by atoms with Gasteiger partial charge in [0, 0.05) is 18.0 Å². The van der Waals surface area contributed by atoms with Gasteiger partial charge in [-0.3, -0.25) is 9.78 Å². The van der Waals surface area contributed by atoms with E-state index in [9.17, 15) is 9.59 Å². The first-order chi connectivity index (χ1) is 12.2. The molecular weight excluding hydrogens is 336 g/mol. The molecule has 5 nitrogen and oxygen atoms in total. The van der Waals surface area contributed by atoms with Gasteiger partial charge in [0.05, 0.1) is 10.6 Å². The number of aromatic nitrogens is 1. The first-order valence-corrected chi connectivity index (χ1v) is 8.34. The molecule has 2 aromatic heterocycles. The van der Waals surface area contributed by atoms with Crippen molar-refractivity contribution in [2.45, 2.75) is 0 Å². The lowest BCUT2D eigenvalue weighted by Gasteiger charge is -2.05. The number of ether oxygens (including phenoxy) is 1. The number of carbonyl (C=O) groups excluding carboxylic acids is 2. The van der Waals surface area contributed by atoms with Gasteiger partial charge < -0.3 is 10.1 Å². The van der Waals surface area contributed by atoms with Crippen molar-refractivity contribution in [3.05, 3.63) is 82.8 Å². The minimum Gasteiger partial charge on any atom is -0.423 e. The van der Waals surface area contributed by atoms with Gasteiger partial charge in [-0.05, 0) is 53.9 Å². The van der Waals surface area contributed by atoms with E-state index in [2.05, 4.69) is 10.3 Å². The van der Waals surface area contributed by atoms with E-state index >= 15 is 0 Å². The Morgan fingerprint density at radius 1 is 1.04 bits per heavy atom. The number of nitrogens with one attached hydrogen (secondary N) is 1. The highest BCUT2D eigenvalue weighted by molar-refractivity contribution is 7.12. The van der Waals surface area contributed by atoms with Gasteiger partial charge in [-0.15, -0.1) is 11.3 Å². The van der Waals surface area contributed by atoms with Crippen LogP contribution in [0.15, 0.2) is 72.3 Å². The van der Waals surface area contributed by atoms with Crippen LogP contribution < -0.4 is 10.1 Å². The van der Waals surface area contributed by atoms with Crippen LogP contribution in [0.5, 0.6) is 5.75 Å². The SMILES string of the molecule is O=C(/C=C/c1ccccn1)Oc1ccc(NC(=O)c2cccs2)cc1. The van der Waals surface area contributed by atoms with Crippen LogP contribution in [0.3, 0.4) is 0 Å². The number of thiophene rings is 1. The summed E-state index contributed by atoms with van der Waals surface area (Å²) in [7, 11) is 0. The second-order valence-electron chi connectivity index (χ2n) is 4.96. The zero-order valence-electron chi connectivity index (χ0n) is 13.1. The molecule has 1 aromatic carbocycles. The van der Waals surface area contributed by atoms with Crippen LogP contribution >= 0.6 is 11.3 Å². The summed E-state index contributed by atoms with van der Waals surface area (Å²) in [6.07, 6.45) is 4.54. The predicted molar refractivity (Wildman–Crippen MR) is 97.6 cm³/mol. The molecule has 0 spiro atoms. The maximum atomic E-state index is 12.0. The highest BCUT2D eigenvalue weighted by Crippen LogP contribution is 2.18. The second-order valence-corrected chi connectivity index (χ2v) is 5.91. The zero-order chi connectivity index (χ0) is 17.5. The fourth-order valence-corrected chi connectivity index (χ4v) is 2.60. The van der Waals surface area contributed by atoms with Gasteiger partial charge >= 0.3 is 5.97 Å². The quantitative estimate of drug-likeness (QED) is 0.429. The van der Waals surface area contributed by atoms with E-state index in [-0.39, 0.29) is 5.91 Å². The van der Waals surface area contributed by atoms with E-state index < -0.39 is 5.97 Å². The number of anilines is 1. The van der Waals surface area contributed by atoms with Crippen LogP contribution in [0, 0.1) is 0 Å². The van der Waals surface area contributed by atoms with E-state index in [0.717, 1.165) is 0 Å². The molecule has 0 saturated heterocycles. The minimum absolute atomic E-state index is 0.168. The maximum Gasteiger partial charge on any atom is 0.336 e. The Bertz CT molecular complexity index is 873. The summed E-state index contributed by atoms with van der Waals surface area (Å²) in [4.78, 5) is 28.5. The Labute approximate surface area is 148 Å². The third-order valence-electron chi connectivity index (χ3n) is 3.15.